The lowest BCUT2D eigenvalue weighted by Crippen LogP contribution is -2.48. The Morgan fingerprint density at radius 3 is 2.46 bits per heavy atom. The first kappa shape index (κ1) is 19.0. The number of anilines is 1. The summed E-state index contributed by atoms with van der Waals surface area (Å²) in [4.78, 5) is 2.16. The van der Waals surface area contributed by atoms with E-state index in [-0.39, 0.29) is 10.6 Å². The second kappa shape index (κ2) is 7.85. The average Bonchev–Trinajstić information content (AvgIpc) is 2.64. The average molecular weight is 441 g/mol. The van der Waals surface area contributed by atoms with Crippen LogP contribution in [-0.4, -0.2) is 50.6 Å². The molecule has 0 atom stereocenters. The highest BCUT2D eigenvalue weighted by Gasteiger charge is 2.31. The number of hydrogen-bond acceptors (Lipinski definition) is 5. The fourth-order valence-corrected chi connectivity index (χ4v) is 5.09. The number of phenolic OH excluding ortho intramolecular Hbond substituents is 1. The van der Waals surface area contributed by atoms with Crippen LogP contribution < -0.4 is 9.64 Å². The van der Waals surface area contributed by atoms with Crippen LogP contribution in [0.25, 0.3) is 0 Å². The van der Waals surface area contributed by atoms with Gasteiger partial charge in [0.15, 0.2) is 0 Å². The fourth-order valence-electron chi connectivity index (χ4n) is 3.00. The van der Waals surface area contributed by atoms with Crippen molar-refractivity contribution in [3.05, 3.63) is 46.9 Å². The topological polar surface area (TPSA) is 70.1 Å². The van der Waals surface area contributed by atoms with Gasteiger partial charge in [-0.25, -0.2) is 8.42 Å². The number of phenols is 1. The van der Waals surface area contributed by atoms with E-state index in [1.54, 1.807) is 30.3 Å². The van der Waals surface area contributed by atoms with Gasteiger partial charge in [-0.3, -0.25) is 0 Å². The molecule has 8 heteroatoms. The Hall–Kier alpha value is -1.77. The molecule has 3 rings (SSSR count). The maximum atomic E-state index is 13.1. The van der Waals surface area contributed by atoms with Crippen molar-refractivity contribution in [3.8, 4) is 11.5 Å². The number of aromatic hydroxyl groups is 1. The first-order chi connectivity index (χ1) is 12.4. The molecule has 0 amide bonds. The summed E-state index contributed by atoms with van der Waals surface area (Å²) < 4.78 is 33.9. The van der Waals surface area contributed by atoms with Crippen LogP contribution in [0, 0.1) is 0 Å². The molecule has 1 fully saturated rings. The number of rotatable bonds is 5. The summed E-state index contributed by atoms with van der Waals surface area (Å²) in [6.07, 6.45) is 0. The van der Waals surface area contributed by atoms with Crippen LogP contribution >= 0.6 is 15.9 Å². The number of ether oxygens (including phenoxy) is 1. The van der Waals surface area contributed by atoms with E-state index in [9.17, 15) is 13.5 Å². The molecule has 26 heavy (non-hydrogen) atoms. The van der Waals surface area contributed by atoms with Gasteiger partial charge < -0.3 is 14.7 Å². The number of piperazine rings is 1. The third kappa shape index (κ3) is 3.82. The van der Waals surface area contributed by atoms with Crippen LogP contribution in [0.1, 0.15) is 6.92 Å². The van der Waals surface area contributed by atoms with E-state index >= 15 is 0 Å². The van der Waals surface area contributed by atoms with Crippen LogP contribution in [0.2, 0.25) is 0 Å². The summed E-state index contributed by atoms with van der Waals surface area (Å²) >= 11 is 3.34. The van der Waals surface area contributed by atoms with Crippen molar-refractivity contribution in [2.24, 2.45) is 0 Å². The number of halogens is 1. The molecule has 2 aromatic rings. The standard InChI is InChI=1S/C18H21BrN2O4S/c1-2-25-17-8-7-14(19)13-18(17)26(23,24)21-11-9-20(10-12-21)15-5-3-4-6-16(15)22/h3-8,13,22H,2,9-12H2,1H3. The van der Waals surface area contributed by atoms with Gasteiger partial charge in [0.1, 0.15) is 16.4 Å². The van der Waals surface area contributed by atoms with Crippen molar-refractivity contribution < 1.29 is 18.3 Å². The van der Waals surface area contributed by atoms with Crippen molar-refractivity contribution in [3.63, 3.8) is 0 Å². The van der Waals surface area contributed by atoms with E-state index < -0.39 is 10.0 Å². The zero-order valence-corrected chi connectivity index (χ0v) is 16.8. The lowest BCUT2D eigenvalue weighted by Gasteiger charge is -2.35. The zero-order chi connectivity index (χ0) is 18.7. The molecule has 0 spiro atoms. The highest BCUT2D eigenvalue weighted by molar-refractivity contribution is 9.10. The smallest absolute Gasteiger partial charge is 0.246 e. The van der Waals surface area contributed by atoms with Gasteiger partial charge in [0.2, 0.25) is 10.0 Å². The zero-order valence-electron chi connectivity index (χ0n) is 14.4. The molecule has 0 saturated carbocycles. The van der Waals surface area contributed by atoms with Crippen LogP contribution in [-0.2, 0) is 10.0 Å². The summed E-state index contributed by atoms with van der Waals surface area (Å²) in [5.41, 5.74) is 0.724. The van der Waals surface area contributed by atoms with Gasteiger partial charge in [-0.15, -0.1) is 0 Å². The third-order valence-electron chi connectivity index (χ3n) is 4.28. The van der Waals surface area contributed by atoms with E-state index in [4.69, 9.17) is 4.74 Å². The molecule has 2 aromatic carbocycles. The third-order valence-corrected chi connectivity index (χ3v) is 6.70. The van der Waals surface area contributed by atoms with Crippen LogP contribution in [0.5, 0.6) is 11.5 Å². The van der Waals surface area contributed by atoms with Crippen molar-refractivity contribution in [2.45, 2.75) is 11.8 Å². The quantitative estimate of drug-likeness (QED) is 0.773. The van der Waals surface area contributed by atoms with Gasteiger partial charge >= 0.3 is 0 Å². The van der Waals surface area contributed by atoms with Crippen molar-refractivity contribution in [1.29, 1.82) is 0 Å². The number of hydrogen-bond donors (Lipinski definition) is 1. The number of sulfonamides is 1. The molecule has 0 aromatic heterocycles. The highest BCUT2D eigenvalue weighted by atomic mass is 79.9. The van der Waals surface area contributed by atoms with Crippen LogP contribution in [0.4, 0.5) is 5.69 Å². The molecule has 140 valence electrons. The molecule has 0 unspecified atom stereocenters. The second-order valence-electron chi connectivity index (χ2n) is 5.90. The molecule has 0 radical (unpaired) electrons. The van der Waals surface area contributed by atoms with Gasteiger partial charge in [0.25, 0.3) is 0 Å². The van der Waals surface area contributed by atoms with Crippen molar-refractivity contribution in [1.82, 2.24) is 4.31 Å². The van der Waals surface area contributed by atoms with Gasteiger partial charge in [-0.1, -0.05) is 28.1 Å². The van der Waals surface area contributed by atoms with E-state index in [1.807, 2.05) is 24.0 Å². The molecule has 1 N–H and O–H groups in total. The SMILES string of the molecule is CCOc1ccc(Br)cc1S(=O)(=O)N1CCN(c2ccccc2O)CC1. The number of benzene rings is 2. The van der Waals surface area contributed by atoms with Crippen LogP contribution in [0.3, 0.4) is 0 Å². The Morgan fingerprint density at radius 1 is 1.12 bits per heavy atom. The molecule has 1 heterocycles. The van der Waals surface area contributed by atoms with Gasteiger partial charge in [-0.2, -0.15) is 4.31 Å². The van der Waals surface area contributed by atoms with E-state index in [2.05, 4.69) is 15.9 Å². The maximum absolute atomic E-state index is 13.1. The van der Waals surface area contributed by atoms with Crippen molar-refractivity contribution in [2.75, 3.05) is 37.7 Å². The largest absolute Gasteiger partial charge is 0.506 e. The second-order valence-corrected chi connectivity index (χ2v) is 8.73. The monoisotopic (exact) mass is 440 g/mol. The number of nitrogens with zero attached hydrogens (tertiary/aromatic N) is 2. The summed E-state index contributed by atoms with van der Waals surface area (Å²) in [5, 5.41) is 10.00. The Kier molecular flexibility index (Phi) is 5.74. The Bertz CT molecular complexity index is 881. The first-order valence-electron chi connectivity index (χ1n) is 8.39. The minimum absolute atomic E-state index is 0.171. The molecule has 1 aliphatic heterocycles. The van der Waals surface area contributed by atoms with Gasteiger partial charge in [-0.05, 0) is 37.3 Å². The lowest BCUT2D eigenvalue weighted by atomic mass is 10.2. The maximum Gasteiger partial charge on any atom is 0.246 e. The van der Waals surface area contributed by atoms with Gasteiger partial charge in [0.05, 0.1) is 12.3 Å². The molecule has 6 nitrogen and oxygen atoms in total. The Labute approximate surface area is 162 Å². The van der Waals surface area contributed by atoms with E-state index in [0.29, 0.717) is 43.0 Å². The predicted molar refractivity (Wildman–Crippen MR) is 104 cm³/mol. The molecule has 0 bridgehead atoms. The first-order valence-corrected chi connectivity index (χ1v) is 10.6. The summed E-state index contributed by atoms with van der Waals surface area (Å²) in [7, 11) is -3.66. The minimum atomic E-state index is -3.66. The lowest BCUT2D eigenvalue weighted by molar-refractivity contribution is 0.327. The van der Waals surface area contributed by atoms with E-state index in [0.717, 1.165) is 5.69 Å². The summed E-state index contributed by atoms with van der Waals surface area (Å²) in [6, 6.07) is 12.1. The normalized spacial score (nSPS) is 15.8. The number of para-hydroxylation sites is 2. The molecular formula is C18H21BrN2O4S. The molecule has 1 aliphatic rings. The van der Waals surface area contributed by atoms with E-state index in [1.165, 1.54) is 4.31 Å². The summed E-state index contributed by atoms with van der Waals surface area (Å²) in [5.74, 6) is 0.563. The molecule has 0 aliphatic carbocycles. The molecular weight excluding hydrogens is 420 g/mol. The predicted octanol–water partition coefficient (Wildman–Crippen LogP) is 3.06. The summed E-state index contributed by atoms with van der Waals surface area (Å²) in [6.45, 7) is 3.92. The Morgan fingerprint density at radius 2 is 1.81 bits per heavy atom. The highest BCUT2D eigenvalue weighted by Crippen LogP contribution is 2.32. The van der Waals surface area contributed by atoms with Crippen molar-refractivity contribution >= 4 is 31.6 Å². The van der Waals surface area contributed by atoms with Crippen LogP contribution in [0.15, 0.2) is 51.8 Å². The molecule has 1 saturated heterocycles. The minimum Gasteiger partial charge on any atom is -0.506 e. The van der Waals surface area contributed by atoms with Gasteiger partial charge in [0, 0.05) is 30.7 Å². The fraction of sp³-hybridized carbons (Fsp3) is 0.333. The Balaban J connectivity index is 1.81.